The molecule has 0 radical (unpaired) electrons. The third kappa shape index (κ3) is 3.31. The van der Waals surface area contributed by atoms with Crippen molar-refractivity contribution in [1.82, 2.24) is 4.98 Å². The van der Waals surface area contributed by atoms with Crippen molar-refractivity contribution >= 4 is 28.2 Å². The zero-order valence-corrected chi connectivity index (χ0v) is 12.6. The molecule has 3 nitrogen and oxygen atoms in total. The van der Waals surface area contributed by atoms with Crippen molar-refractivity contribution in [3.63, 3.8) is 0 Å². The third-order valence-corrected chi connectivity index (χ3v) is 3.69. The van der Waals surface area contributed by atoms with Crippen LogP contribution in [0.5, 0.6) is 5.75 Å². The Labute approximate surface area is 136 Å². The number of ether oxygens (including phenoxy) is 1. The van der Waals surface area contributed by atoms with Gasteiger partial charge in [-0.25, -0.2) is 4.98 Å². The van der Waals surface area contributed by atoms with Gasteiger partial charge in [-0.15, -0.1) is 0 Å². The van der Waals surface area contributed by atoms with Crippen LogP contribution in [-0.2, 0) is 6.18 Å². The van der Waals surface area contributed by atoms with Crippen molar-refractivity contribution < 1.29 is 31.1 Å². The molecule has 1 aliphatic heterocycles. The van der Waals surface area contributed by atoms with Gasteiger partial charge < -0.3 is 9.64 Å². The van der Waals surface area contributed by atoms with E-state index < -0.39 is 24.5 Å². The average Bonchev–Trinajstić information content (AvgIpc) is 2.42. The Balaban J connectivity index is 2.20. The fourth-order valence-corrected chi connectivity index (χ4v) is 2.77. The first kappa shape index (κ1) is 16.9. The number of hydrogen-bond acceptors (Lipinski definition) is 3. The fraction of sp³-hybridized carbons (Fsp3) is 0.357. The molecule has 1 aromatic carbocycles. The molecule has 0 bridgehead atoms. The van der Waals surface area contributed by atoms with Crippen molar-refractivity contribution in [3.05, 3.63) is 28.9 Å². The van der Waals surface area contributed by atoms with E-state index in [1.165, 1.54) is 6.07 Å². The van der Waals surface area contributed by atoms with Gasteiger partial charge in [-0.05, 0) is 12.1 Å². The molecule has 2 heterocycles. The SMILES string of the molecule is FC(F)(F)CN1CCOc2cc3nc(Cl)cc(C(F)(F)F)c3cc21. The number of hydrogen-bond donors (Lipinski definition) is 0. The summed E-state index contributed by atoms with van der Waals surface area (Å²) in [6.45, 7) is -1.38. The Bertz CT molecular complexity index is 789. The van der Waals surface area contributed by atoms with Crippen LogP contribution in [0.15, 0.2) is 18.2 Å². The molecule has 0 fully saturated rings. The first-order valence-electron chi connectivity index (χ1n) is 6.70. The zero-order valence-electron chi connectivity index (χ0n) is 11.8. The Morgan fingerprint density at radius 2 is 1.83 bits per heavy atom. The van der Waals surface area contributed by atoms with Crippen molar-refractivity contribution in [1.29, 1.82) is 0 Å². The first-order valence-corrected chi connectivity index (χ1v) is 7.08. The molecule has 24 heavy (non-hydrogen) atoms. The van der Waals surface area contributed by atoms with E-state index in [4.69, 9.17) is 16.3 Å². The number of halogens is 7. The quantitative estimate of drug-likeness (QED) is 0.539. The van der Waals surface area contributed by atoms with Crippen molar-refractivity contribution in [2.24, 2.45) is 0 Å². The van der Waals surface area contributed by atoms with Crippen LogP contribution in [0, 0.1) is 0 Å². The summed E-state index contributed by atoms with van der Waals surface area (Å²) in [4.78, 5) is 4.74. The minimum atomic E-state index is -4.72. The van der Waals surface area contributed by atoms with Gasteiger partial charge in [0, 0.05) is 11.5 Å². The second-order valence-electron chi connectivity index (χ2n) is 5.21. The van der Waals surface area contributed by atoms with Crippen LogP contribution in [0.4, 0.5) is 32.0 Å². The Kier molecular flexibility index (Phi) is 3.94. The lowest BCUT2D eigenvalue weighted by Gasteiger charge is -2.32. The molecule has 0 aliphatic carbocycles. The highest BCUT2D eigenvalue weighted by molar-refractivity contribution is 6.30. The topological polar surface area (TPSA) is 25.4 Å². The molecular formula is C14H9ClF6N2O. The number of fused-ring (bicyclic) bond motifs is 2. The number of pyridine rings is 1. The summed E-state index contributed by atoms with van der Waals surface area (Å²) in [6, 6.07) is 2.84. The second kappa shape index (κ2) is 5.58. The van der Waals surface area contributed by atoms with Gasteiger partial charge in [0.2, 0.25) is 0 Å². The van der Waals surface area contributed by atoms with Gasteiger partial charge in [0.1, 0.15) is 24.1 Å². The third-order valence-electron chi connectivity index (χ3n) is 3.49. The predicted octanol–water partition coefficient (Wildman–Crippen LogP) is 4.67. The van der Waals surface area contributed by atoms with Gasteiger partial charge in [0.15, 0.2) is 0 Å². The largest absolute Gasteiger partial charge is 0.489 e. The minimum Gasteiger partial charge on any atom is -0.489 e. The standard InChI is InChI=1S/C14H9ClF6N2O/c15-12-4-8(14(19,20)21)7-3-10-11(5-9(7)22-12)24-2-1-23(10)6-13(16,17)18/h3-5H,1-2,6H2. The molecule has 1 aromatic heterocycles. The summed E-state index contributed by atoms with van der Waals surface area (Å²) < 4.78 is 82.9. The van der Waals surface area contributed by atoms with Crippen LogP contribution in [0.2, 0.25) is 5.15 Å². The smallest absolute Gasteiger partial charge is 0.417 e. The highest BCUT2D eigenvalue weighted by Crippen LogP contribution is 2.42. The number of benzene rings is 1. The van der Waals surface area contributed by atoms with Crippen LogP contribution in [0.1, 0.15) is 5.56 Å². The minimum absolute atomic E-state index is 0.0126. The number of rotatable bonds is 1. The summed E-state index contributed by atoms with van der Waals surface area (Å²) in [5, 5.41) is -0.693. The maximum atomic E-state index is 13.2. The Hall–Kier alpha value is -1.90. The Morgan fingerprint density at radius 3 is 2.46 bits per heavy atom. The average molecular weight is 371 g/mol. The van der Waals surface area contributed by atoms with E-state index in [-0.39, 0.29) is 40.6 Å². The van der Waals surface area contributed by atoms with E-state index in [1.54, 1.807) is 0 Å². The van der Waals surface area contributed by atoms with E-state index in [9.17, 15) is 26.3 Å². The van der Waals surface area contributed by atoms with Crippen LogP contribution < -0.4 is 9.64 Å². The van der Waals surface area contributed by atoms with Gasteiger partial charge in [-0.1, -0.05) is 11.6 Å². The second-order valence-corrected chi connectivity index (χ2v) is 5.60. The normalized spacial score (nSPS) is 15.4. The maximum absolute atomic E-state index is 13.2. The van der Waals surface area contributed by atoms with E-state index in [1.807, 2.05) is 0 Å². The molecule has 3 rings (SSSR count). The lowest BCUT2D eigenvalue weighted by Crippen LogP contribution is -2.39. The summed E-state index contributed by atoms with van der Waals surface area (Å²) in [5.74, 6) is 0.0425. The Morgan fingerprint density at radius 1 is 1.12 bits per heavy atom. The molecule has 0 atom stereocenters. The zero-order chi connectivity index (χ0) is 17.7. The predicted molar refractivity (Wildman–Crippen MR) is 75.5 cm³/mol. The molecule has 0 N–H and O–H groups in total. The molecule has 0 unspecified atom stereocenters. The first-order chi connectivity index (χ1) is 11.0. The van der Waals surface area contributed by atoms with Gasteiger partial charge in [0.25, 0.3) is 0 Å². The molecule has 10 heteroatoms. The molecule has 0 spiro atoms. The van der Waals surface area contributed by atoms with Crippen LogP contribution in [0.25, 0.3) is 10.9 Å². The maximum Gasteiger partial charge on any atom is 0.417 e. The molecule has 0 saturated carbocycles. The molecule has 1 aliphatic rings. The number of nitrogens with zero attached hydrogens (tertiary/aromatic N) is 2. The molecular weight excluding hydrogens is 362 g/mol. The lowest BCUT2D eigenvalue weighted by molar-refractivity contribution is -0.136. The van der Waals surface area contributed by atoms with E-state index in [0.717, 1.165) is 11.0 Å². The van der Waals surface area contributed by atoms with Crippen molar-refractivity contribution in [2.45, 2.75) is 12.4 Å². The highest BCUT2D eigenvalue weighted by Gasteiger charge is 2.36. The number of alkyl halides is 6. The van der Waals surface area contributed by atoms with Crippen LogP contribution in [0.3, 0.4) is 0 Å². The number of anilines is 1. The van der Waals surface area contributed by atoms with Gasteiger partial charge in [-0.3, -0.25) is 0 Å². The summed E-state index contributed by atoms with van der Waals surface area (Å²) in [6.07, 6.45) is -9.21. The van der Waals surface area contributed by atoms with E-state index >= 15 is 0 Å². The monoisotopic (exact) mass is 370 g/mol. The van der Waals surface area contributed by atoms with Crippen LogP contribution in [-0.4, -0.2) is 30.9 Å². The van der Waals surface area contributed by atoms with Crippen molar-refractivity contribution in [3.8, 4) is 5.75 Å². The van der Waals surface area contributed by atoms with E-state index in [0.29, 0.717) is 6.07 Å². The fourth-order valence-electron chi connectivity index (χ4n) is 2.57. The molecule has 0 saturated heterocycles. The summed E-state index contributed by atoms with van der Waals surface area (Å²) >= 11 is 5.62. The lowest BCUT2D eigenvalue weighted by atomic mass is 10.1. The van der Waals surface area contributed by atoms with Crippen LogP contribution >= 0.6 is 11.6 Å². The molecule has 130 valence electrons. The summed E-state index contributed by atoms with van der Waals surface area (Å²) in [7, 11) is 0. The highest BCUT2D eigenvalue weighted by atomic mass is 35.5. The van der Waals surface area contributed by atoms with Gasteiger partial charge >= 0.3 is 12.4 Å². The molecule has 0 amide bonds. The molecule has 2 aromatic rings. The van der Waals surface area contributed by atoms with E-state index in [2.05, 4.69) is 4.98 Å². The van der Waals surface area contributed by atoms with Crippen molar-refractivity contribution in [2.75, 3.05) is 24.6 Å². The van der Waals surface area contributed by atoms with Gasteiger partial charge in [-0.2, -0.15) is 26.3 Å². The number of aromatic nitrogens is 1. The summed E-state index contributed by atoms with van der Waals surface area (Å²) in [5.41, 5.74) is -1.21. The van der Waals surface area contributed by atoms with Gasteiger partial charge in [0.05, 0.1) is 23.3 Å².